The van der Waals surface area contributed by atoms with Crippen molar-refractivity contribution in [2.75, 3.05) is 18.5 Å². The molecule has 3 fully saturated rings. The maximum absolute atomic E-state index is 13.4. The van der Waals surface area contributed by atoms with Gasteiger partial charge < -0.3 is 14.8 Å². The second kappa shape index (κ2) is 11.6. The number of nitrogens with zero attached hydrogens (tertiary/aromatic N) is 1. The lowest BCUT2D eigenvalue weighted by Gasteiger charge is -2.26. The smallest absolute Gasteiger partial charge is 0.338 e. The molecule has 40 heavy (non-hydrogen) atoms. The van der Waals surface area contributed by atoms with Gasteiger partial charge in [-0.2, -0.15) is 0 Å². The molecule has 0 unspecified atom stereocenters. The fourth-order valence-corrected chi connectivity index (χ4v) is 6.30. The monoisotopic (exact) mass is 546 g/mol. The summed E-state index contributed by atoms with van der Waals surface area (Å²) >= 11 is 0. The van der Waals surface area contributed by atoms with Crippen molar-refractivity contribution in [3.05, 3.63) is 65.7 Å². The van der Waals surface area contributed by atoms with Crippen molar-refractivity contribution < 1.29 is 33.4 Å². The summed E-state index contributed by atoms with van der Waals surface area (Å²) in [7, 11) is 0. The van der Waals surface area contributed by atoms with E-state index < -0.39 is 30.5 Å². The highest BCUT2D eigenvalue weighted by atomic mass is 16.5. The molecule has 0 radical (unpaired) electrons. The third-order valence-electron chi connectivity index (χ3n) is 8.11. The van der Waals surface area contributed by atoms with E-state index in [0.717, 1.165) is 29.7 Å². The molecule has 1 saturated heterocycles. The molecule has 2 saturated carbocycles. The van der Waals surface area contributed by atoms with E-state index in [9.17, 15) is 24.0 Å². The number of hydrogen-bond acceptors (Lipinski definition) is 7. The Morgan fingerprint density at radius 2 is 1.52 bits per heavy atom. The van der Waals surface area contributed by atoms with Gasteiger partial charge in [-0.25, -0.2) is 9.59 Å². The number of amides is 3. The lowest BCUT2D eigenvalue weighted by Crippen LogP contribution is -2.48. The molecule has 3 aliphatic rings. The number of carbonyl (C=O) groups excluding carboxylic acids is 5. The number of carbonyl (C=O) groups is 5. The molecule has 5 atom stereocenters. The van der Waals surface area contributed by atoms with Crippen LogP contribution in [0.5, 0.6) is 0 Å². The highest BCUT2D eigenvalue weighted by Gasteiger charge is 2.62. The first-order valence-corrected chi connectivity index (χ1v) is 13.9. The molecule has 9 heteroatoms. The summed E-state index contributed by atoms with van der Waals surface area (Å²) in [6, 6.07) is 14.2. The van der Waals surface area contributed by atoms with Crippen LogP contribution in [-0.2, 0) is 35.1 Å². The van der Waals surface area contributed by atoms with Crippen LogP contribution in [0, 0.1) is 29.6 Å². The van der Waals surface area contributed by atoms with Crippen LogP contribution in [-0.4, -0.2) is 53.8 Å². The Balaban J connectivity index is 1.22. The molecule has 2 aliphatic carbocycles. The number of ether oxygens (including phenoxy) is 2. The number of esters is 2. The minimum absolute atomic E-state index is 0.113. The van der Waals surface area contributed by atoms with Crippen molar-refractivity contribution in [2.45, 2.75) is 45.6 Å². The van der Waals surface area contributed by atoms with E-state index in [2.05, 4.69) is 5.32 Å². The lowest BCUT2D eigenvalue weighted by molar-refractivity contribution is -0.160. The second-order valence-electron chi connectivity index (χ2n) is 11.4. The van der Waals surface area contributed by atoms with Crippen LogP contribution in [0.3, 0.4) is 0 Å². The number of anilines is 1. The summed E-state index contributed by atoms with van der Waals surface area (Å²) in [5, 5.41) is 2.63. The van der Waals surface area contributed by atoms with Crippen LogP contribution in [0.2, 0.25) is 0 Å². The molecule has 2 aromatic rings. The number of benzene rings is 2. The molecule has 210 valence electrons. The van der Waals surface area contributed by atoms with Crippen LogP contribution in [0.25, 0.3) is 0 Å². The standard InChI is InChI=1S/C31H34N2O7/c1-18(2)16-39-30(37)20-10-12-23(13-11-20)32-25(34)17-40-31(38)24(14-19-6-4-3-5-7-19)33-28(35)26-21-8-9-22(15-21)27(26)29(33)36/h3-7,10-13,18,21-22,24,26-27H,8-9,14-17H2,1-2H3,(H,32,34)/t21-,22-,24-,26-,27+/m0/s1. The first-order valence-electron chi connectivity index (χ1n) is 13.9. The van der Waals surface area contributed by atoms with Crippen molar-refractivity contribution >= 4 is 35.3 Å². The minimum atomic E-state index is -1.14. The van der Waals surface area contributed by atoms with Crippen LogP contribution >= 0.6 is 0 Å². The van der Waals surface area contributed by atoms with Gasteiger partial charge in [0.25, 0.3) is 5.91 Å². The number of rotatable bonds is 10. The van der Waals surface area contributed by atoms with E-state index >= 15 is 0 Å². The Bertz CT molecular complexity index is 1260. The van der Waals surface area contributed by atoms with Crippen LogP contribution in [0.4, 0.5) is 5.69 Å². The topological polar surface area (TPSA) is 119 Å². The predicted molar refractivity (Wildman–Crippen MR) is 145 cm³/mol. The van der Waals surface area contributed by atoms with Gasteiger partial charge in [0.2, 0.25) is 11.8 Å². The number of hydrogen-bond donors (Lipinski definition) is 1. The molecular formula is C31H34N2O7. The molecule has 3 amide bonds. The summed E-state index contributed by atoms with van der Waals surface area (Å²) in [5.41, 5.74) is 1.55. The van der Waals surface area contributed by atoms with E-state index in [0.29, 0.717) is 17.9 Å². The average molecular weight is 547 g/mol. The fourth-order valence-electron chi connectivity index (χ4n) is 6.30. The van der Waals surface area contributed by atoms with Crippen molar-refractivity contribution in [3.63, 3.8) is 0 Å². The van der Waals surface area contributed by atoms with E-state index in [1.807, 2.05) is 44.2 Å². The van der Waals surface area contributed by atoms with Gasteiger partial charge in [-0.1, -0.05) is 44.2 Å². The van der Waals surface area contributed by atoms with Crippen molar-refractivity contribution in [3.8, 4) is 0 Å². The number of imide groups is 1. The average Bonchev–Trinajstić information content (AvgIpc) is 3.64. The molecule has 1 aliphatic heterocycles. The van der Waals surface area contributed by atoms with Gasteiger partial charge in [0, 0.05) is 12.1 Å². The maximum Gasteiger partial charge on any atom is 0.338 e. The van der Waals surface area contributed by atoms with Crippen molar-refractivity contribution in [2.24, 2.45) is 29.6 Å². The second-order valence-corrected chi connectivity index (χ2v) is 11.4. The first-order chi connectivity index (χ1) is 19.2. The molecular weight excluding hydrogens is 512 g/mol. The normalized spacial score (nSPS) is 23.7. The van der Waals surface area contributed by atoms with Gasteiger partial charge >= 0.3 is 11.9 Å². The molecule has 2 aromatic carbocycles. The summed E-state index contributed by atoms with van der Waals surface area (Å²) < 4.78 is 10.6. The van der Waals surface area contributed by atoms with Gasteiger partial charge in [0.05, 0.1) is 24.0 Å². The summed E-state index contributed by atoms with van der Waals surface area (Å²) in [6.07, 6.45) is 2.89. The maximum atomic E-state index is 13.4. The van der Waals surface area contributed by atoms with E-state index in [-0.39, 0.29) is 47.8 Å². The zero-order chi connectivity index (χ0) is 28.4. The lowest BCUT2D eigenvalue weighted by atomic mass is 9.81. The van der Waals surface area contributed by atoms with Crippen LogP contribution in [0.1, 0.15) is 49.0 Å². The molecule has 1 heterocycles. The molecule has 1 N–H and O–H groups in total. The highest BCUT2D eigenvalue weighted by Crippen LogP contribution is 2.56. The highest BCUT2D eigenvalue weighted by molar-refractivity contribution is 6.08. The zero-order valence-electron chi connectivity index (χ0n) is 22.7. The Morgan fingerprint density at radius 1 is 0.900 bits per heavy atom. The first kappa shape index (κ1) is 27.6. The SMILES string of the molecule is CC(C)COC(=O)c1ccc(NC(=O)COC(=O)[C@H](Cc2ccccc2)N2C(=O)[C@@H]3[C@H]4CC[C@@H](C4)[C@@H]3C2=O)cc1. The number of fused-ring (bicyclic) bond motifs is 5. The van der Waals surface area contributed by atoms with Gasteiger partial charge in [0.15, 0.2) is 6.61 Å². The summed E-state index contributed by atoms with van der Waals surface area (Å²) in [5.74, 6) is -2.53. The Hall–Kier alpha value is -4.01. The van der Waals surface area contributed by atoms with Gasteiger partial charge in [0.1, 0.15) is 6.04 Å². The summed E-state index contributed by atoms with van der Waals surface area (Å²) in [4.78, 5) is 66.0. The van der Waals surface area contributed by atoms with Gasteiger partial charge in [-0.15, -0.1) is 0 Å². The number of nitrogens with one attached hydrogen (secondary N) is 1. The van der Waals surface area contributed by atoms with Gasteiger partial charge in [-0.05, 0) is 66.8 Å². The zero-order valence-corrected chi connectivity index (χ0v) is 22.7. The van der Waals surface area contributed by atoms with E-state index in [1.165, 1.54) is 12.1 Å². The summed E-state index contributed by atoms with van der Waals surface area (Å²) in [6.45, 7) is 3.61. The van der Waals surface area contributed by atoms with Gasteiger partial charge in [-0.3, -0.25) is 19.3 Å². The van der Waals surface area contributed by atoms with Crippen molar-refractivity contribution in [1.29, 1.82) is 0 Å². The molecule has 5 rings (SSSR count). The third kappa shape index (κ3) is 5.64. The van der Waals surface area contributed by atoms with E-state index in [1.54, 1.807) is 12.1 Å². The minimum Gasteiger partial charge on any atom is -0.462 e. The Morgan fingerprint density at radius 3 is 2.12 bits per heavy atom. The van der Waals surface area contributed by atoms with Crippen molar-refractivity contribution in [1.82, 2.24) is 4.90 Å². The van der Waals surface area contributed by atoms with Crippen LogP contribution < -0.4 is 5.32 Å². The molecule has 9 nitrogen and oxygen atoms in total. The third-order valence-corrected chi connectivity index (χ3v) is 8.11. The molecule has 2 bridgehead atoms. The van der Waals surface area contributed by atoms with E-state index in [4.69, 9.17) is 9.47 Å². The quantitative estimate of drug-likeness (QED) is 0.357. The predicted octanol–water partition coefficient (Wildman–Crippen LogP) is 3.62. The van der Waals surface area contributed by atoms with Crippen LogP contribution in [0.15, 0.2) is 54.6 Å². The molecule has 0 spiro atoms. The Labute approximate surface area is 233 Å². The Kier molecular flexibility index (Phi) is 8.00. The molecule has 0 aromatic heterocycles. The number of likely N-dealkylation sites (tertiary alicyclic amines) is 1. The largest absolute Gasteiger partial charge is 0.462 e. The fraction of sp³-hybridized carbons (Fsp3) is 0.452.